The first-order valence-corrected chi connectivity index (χ1v) is 8.36. The van der Waals surface area contributed by atoms with E-state index in [1.165, 1.54) is 0 Å². The van der Waals surface area contributed by atoms with Crippen LogP contribution < -0.4 is 14.2 Å². The summed E-state index contributed by atoms with van der Waals surface area (Å²) in [4.78, 5) is 0. The second kappa shape index (κ2) is 8.13. The van der Waals surface area contributed by atoms with Crippen molar-refractivity contribution in [2.24, 2.45) is 0 Å². The van der Waals surface area contributed by atoms with Gasteiger partial charge in [-0.3, -0.25) is 0 Å². The number of ether oxygens (including phenoxy) is 3. The van der Waals surface area contributed by atoms with Crippen LogP contribution in [0.2, 0.25) is 5.02 Å². The van der Waals surface area contributed by atoms with Gasteiger partial charge in [-0.1, -0.05) is 32.4 Å². The Balaban J connectivity index is 2.02. The Bertz CT molecular complexity index is 775. The monoisotopic (exact) mass is 359 g/mol. The fourth-order valence-electron chi connectivity index (χ4n) is 2.37. The summed E-state index contributed by atoms with van der Waals surface area (Å²) in [5.74, 6) is 2.10. The predicted octanol–water partition coefficient (Wildman–Crippen LogP) is 4.98. The van der Waals surface area contributed by atoms with Gasteiger partial charge in [0.1, 0.15) is 36.5 Å². The summed E-state index contributed by atoms with van der Waals surface area (Å²) in [5.41, 5.74) is 1.40. The minimum atomic E-state index is -0.0745. The number of hydrogen-bond donors (Lipinski definition) is 0. The van der Waals surface area contributed by atoms with E-state index in [9.17, 15) is 0 Å². The largest absolute Gasteiger partial charge is 0.497 e. The average Bonchev–Trinajstić information content (AvgIpc) is 2.58. The highest BCUT2D eigenvalue weighted by molar-refractivity contribution is 6.30. The molecule has 25 heavy (non-hydrogen) atoms. The van der Waals surface area contributed by atoms with Crippen LogP contribution in [0.5, 0.6) is 17.2 Å². The molecule has 0 amide bonds. The van der Waals surface area contributed by atoms with Gasteiger partial charge in [-0.25, -0.2) is 0 Å². The SMILES string of the molecule is COc1ccc(OCCOc2ccc(Cl)cc2C#N)c(C(C)(C)C)c1. The van der Waals surface area contributed by atoms with Crippen LogP contribution in [0.15, 0.2) is 36.4 Å². The van der Waals surface area contributed by atoms with Gasteiger partial charge in [0.15, 0.2) is 0 Å². The molecule has 0 saturated heterocycles. The van der Waals surface area contributed by atoms with E-state index in [0.29, 0.717) is 29.5 Å². The summed E-state index contributed by atoms with van der Waals surface area (Å²) in [7, 11) is 1.65. The van der Waals surface area contributed by atoms with Gasteiger partial charge < -0.3 is 14.2 Å². The molecule has 0 fully saturated rings. The lowest BCUT2D eigenvalue weighted by Crippen LogP contribution is -2.16. The lowest BCUT2D eigenvalue weighted by molar-refractivity contribution is 0.213. The Morgan fingerprint density at radius 2 is 1.64 bits per heavy atom. The zero-order valence-corrected chi connectivity index (χ0v) is 15.7. The third kappa shape index (κ3) is 5.04. The lowest BCUT2D eigenvalue weighted by Gasteiger charge is -2.23. The summed E-state index contributed by atoms with van der Waals surface area (Å²) in [6.07, 6.45) is 0. The minimum Gasteiger partial charge on any atom is -0.497 e. The van der Waals surface area contributed by atoms with E-state index in [1.807, 2.05) is 18.2 Å². The van der Waals surface area contributed by atoms with Crippen LogP contribution in [-0.2, 0) is 5.41 Å². The van der Waals surface area contributed by atoms with Crippen LogP contribution >= 0.6 is 11.6 Å². The molecule has 2 aromatic rings. The van der Waals surface area contributed by atoms with E-state index in [1.54, 1.807) is 25.3 Å². The van der Waals surface area contributed by atoms with Crippen molar-refractivity contribution in [2.45, 2.75) is 26.2 Å². The van der Waals surface area contributed by atoms with Crippen LogP contribution in [0.25, 0.3) is 0 Å². The molecule has 5 heteroatoms. The highest BCUT2D eigenvalue weighted by atomic mass is 35.5. The van der Waals surface area contributed by atoms with E-state index in [0.717, 1.165) is 17.1 Å². The molecule has 2 rings (SSSR count). The van der Waals surface area contributed by atoms with Crippen LogP contribution in [0.1, 0.15) is 31.9 Å². The first kappa shape index (κ1) is 19.0. The Kier molecular flexibility index (Phi) is 6.17. The third-order valence-corrected chi connectivity index (χ3v) is 3.89. The van der Waals surface area contributed by atoms with Gasteiger partial charge in [0, 0.05) is 10.6 Å². The Morgan fingerprint density at radius 3 is 2.24 bits per heavy atom. The Morgan fingerprint density at radius 1 is 1.00 bits per heavy atom. The smallest absolute Gasteiger partial charge is 0.137 e. The van der Waals surface area contributed by atoms with Gasteiger partial charge in [0.2, 0.25) is 0 Å². The van der Waals surface area contributed by atoms with Gasteiger partial charge >= 0.3 is 0 Å². The summed E-state index contributed by atoms with van der Waals surface area (Å²) in [6.45, 7) is 7.06. The molecular formula is C20H22ClNO3. The molecule has 4 nitrogen and oxygen atoms in total. The quantitative estimate of drug-likeness (QED) is 0.683. The fraction of sp³-hybridized carbons (Fsp3) is 0.350. The molecule has 0 radical (unpaired) electrons. The van der Waals surface area contributed by atoms with Gasteiger partial charge in [-0.05, 0) is 41.8 Å². The molecule has 0 heterocycles. The van der Waals surface area contributed by atoms with Crippen molar-refractivity contribution >= 4 is 11.6 Å². The molecule has 0 atom stereocenters. The zero-order valence-electron chi connectivity index (χ0n) is 14.9. The molecule has 2 aromatic carbocycles. The number of nitriles is 1. The average molecular weight is 360 g/mol. The molecule has 0 saturated carbocycles. The van der Waals surface area contributed by atoms with E-state index in [2.05, 4.69) is 26.8 Å². The van der Waals surface area contributed by atoms with Crippen molar-refractivity contribution in [1.82, 2.24) is 0 Å². The van der Waals surface area contributed by atoms with Crippen molar-refractivity contribution in [3.05, 3.63) is 52.5 Å². The standard InChI is InChI=1S/C20H22ClNO3/c1-20(2,3)17-12-16(23-4)6-8-19(17)25-10-9-24-18-7-5-15(21)11-14(18)13-22/h5-8,11-12H,9-10H2,1-4H3. The minimum absolute atomic E-state index is 0.0745. The molecule has 0 aliphatic rings. The maximum absolute atomic E-state index is 9.12. The second-order valence-electron chi connectivity index (χ2n) is 6.56. The Labute approximate surface area is 153 Å². The summed E-state index contributed by atoms with van der Waals surface area (Å²) in [6, 6.07) is 12.8. The summed E-state index contributed by atoms with van der Waals surface area (Å²) >= 11 is 5.88. The Hall–Kier alpha value is -2.38. The second-order valence-corrected chi connectivity index (χ2v) is 7.00. The van der Waals surface area contributed by atoms with Crippen molar-refractivity contribution in [3.8, 4) is 23.3 Å². The normalized spacial score (nSPS) is 10.9. The molecule has 0 aliphatic heterocycles. The van der Waals surface area contributed by atoms with Gasteiger partial charge in [0.25, 0.3) is 0 Å². The highest BCUT2D eigenvalue weighted by Crippen LogP contribution is 2.34. The number of halogens is 1. The topological polar surface area (TPSA) is 51.5 Å². The molecule has 0 spiro atoms. The number of methoxy groups -OCH3 is 1. The number of nitrogens with zero attached hydrogens (tertiary/aromatic N) is 1. The molecule has 0 aliphatic carbocycles. The van der Waals surface area contributed by atoms with E-state index in [-0.39, 0.29) is 5.41 Å². The van der Waals surface area contributed by atoms with Crippen molar-refractivity contribution < 1.29 is 14.2 Å². The molecular weight excluding hydrogens is 338 g/mol. The molecule has 0 aromatic heterocycles. The van der Waals surface area contributed by atoms with E-state index < -0.39 is 0 Å². The van der Waals surface area contributed by atoms with Crippen LogP contribution in [0, 0.1) is 11.3 Å². The summed E-state index contributed by atoms with van der Waals surface area (Å²) < 4.78 is 16.8. The fourth-order valence-corrected chi connectivity index (χ4v) is 2.54. The molecule has 0 unspecified atom stereocenters. The molecule has 132 valence electrons. The maximum atomic E-state index is 9.12. The highest BCUT2D eigenvalue weighted by Gasteiger charge is 2.20. The van der Waals surface area contributed by atoms with Crippen LogP contribution in [-0.4, -0.2) is 20.3 Å². The van der Waals surface area contributed by atoms with Crippen LogP contribution in [0.3, 0.4) is 0 Å². The molecule has 0 N–H and O–H groups in total. The predicted molar refractivity (Wildman–Crippen MR) is 98.9 cm³/mol. The number of rotatable bonds is 6. The van der Waals surface area contributed by atoms with Gasteiger partial charge in [0.05, 0.1) is 12.7 Å². The number of hydrogen-bond acceptors (Lipinski definition) is 4. The van der Waals surface area contributed by atoms with Gasteiger partial charge in [-0.2, -0.15) is 5.26 Å². The first-order valence-electron chi connectivity index (χ1n) is 7.99. The first-order chi connectivity index (χ1) is 11.8. The third-order valence-electron chi connectivity index (χ3n) is 3.66. The van der Waals surface area contributed by atoms with E-state index in [4.69, 9.17) is 31.1 Å². The molecule has 0 bridgehead atoms. The maximum Gasteiger partial charge on any atom is 0.137 e. The van der Waals surface area contributed by atoms with Crippen LogP contribution in [0.4, 0.5) is 0 Å². The van der Waals surface area contributed by atoms with E-state index >= 15 is 0 Å². The van der Waals surface area contributed by atoms with Gasteiger partial charge in [-0.15, -0.1) is 0 Å². The lowest BCUT2D eigenvalue weighted by atomic mass is 9.86. The van der Waals surface area contributed by atoms with Crippen molar-refractivity contribution in [3.63, 3.8) is 0 Å². The van der Waals surface area contributed by atoms with Crippen molar-refractivity contribution in [1.29, 1.82) is 5.26 Å². The summed E-state index contributed by atoms with van der Waals surface area (Å²) in [5, 5.41) is 9.63. The number of benzene rings is 2. The van der Waals surface area contributed by atoms with Crippen molar-refractivity contribution in [2.75, 3.05) is 20.3 Å². The zero-order chi connectivity index (χ0) is 18.4.